The smallest absolute Gasteiger partial charge is 0.327 e. The van der Waals surface area contributed by atoms with Gasteiger partial charge in [0.15, 0.2) is 0 Å². The molecule has 3 atom stereocenters. The first-order chi connectivity index (χ1) is 13.2. The van der Waals surface area contributed by atoms with Crippen LogP contribution in [0.25, 0.3) is 0 Å². The molecule has 1 aromatic rings. The number of hydrogen-bond donors (Lipinski definition) is 2. The summed E-state index contributed by atoms with van der Waals surface area (Å²) in [7, 11) is 1.44. The van der Waals surface area contributed by atoms with Gasteiger partial charge < -0.3 is 15.8 Å². The van der Waals surface area contributed by atoms with E-state index in [0.717, 1.165) is 17.0 Å². The second kappa shape index (κ2) is 7.56. The van der Waals surface area contributed by atoms with Crippen molar-refractivity contribution < 1.29 is 14.3 Å². The molecule has 0 saturated heterocycles. The maximum absolute atomic E-state index is 12.7. The second-order valence-corrected chi connectivity index (χ2v) is 8.48. The van der Waals surface area contributed by atoms with E-state index in [9.17, 15) is 14.4 Å². The monoisotopic (exact) mass is 390 g/mol. The summed E-state index contributed by atoms with van der Waals surface area (Å²) in [6, 6.07) is 0. The lowest BCUT2D eigenvalue weighted by Crippen LogP contribution is -2.53. The molecule has 3 fully saturated rings. The largest absolute Gasteiger partial charge is 0.465 e. The third-order valence-corrected chi connectivity index (χ3v) is 6.77. The Morgan fingerprint density at radius 3 is 2.64 bits per heavy atom. The van der Waals surface area contributed by atoms with Crippen molar-refractivity contribution in [3.63, 3.8) is 0 Å². The lowest BCUT2D eigenvalue weighted by Gasteiger charge is -2.60. The van der Waals surface area contributed by atoms with Crippen LogP contribution in [0.2, 0.25) is 0 Å². The number of nitrogens with two attached hydrogens (primary N) is 1. The molecule has 3 N–H and O–H groups in total. The number of carbonyl (C=O) groups is 2. The topological polar surface area (TPSA) is 116 Å². The normalized spacial score (nSPS) is 24.9. The van der Waals surface area contributed by atoms with E-state index < -0.39 is 17.4 Å². The third kappa shape index (κ3) is 3.40. The zero-order valence-corrected chi connectivity index (χ0v) is 17.1. The maximum atomic E-state index is 12.7. The Kier molecular flexibility index (Phi) is 5.50. The minimum absolute atomic E-state index is 0.115. The fourth-order valence-corrected chi connectivity index (χ4v) is 5.02. The first kappa shape index (κ1) is 20.4. The van der Waals surface area contributed by atoms with Gasteiger partial charge in [0.1, 0.15) is 12.1 Å². The summed E-state index contributed by atoms with van der Waals surface area (Å²) in [4.78, 5) is 36.9. The molecule has 4 rings (SSSR count). The first-order valence-corrected chi connectivity index (χ1v) is 9.97. The van der Waals surface area contributed by atoms with Crippen molar-refractivity contribution in [3.8, 4) is 0 Å². The van der Waals surface area contributed by atoms with Crippen LogP contribution in [0.1, 0.15) is 56.1 Å². The lowest BCUT2D eigenvalue weighted by atomic mass is 9.45. The molecule has 3 saturated carbocycles. The van der Waals surface area contributed by atoms with Gasteiger partial charge in [0.25, 0.3) is 11.5 Å². The van der Waals surface area contributed by atoms with E-state index in [0.29, 0.717) is 29.4 Å². The predicted molar refractivity (Wildman–Crippen MR) is 105 cm³/mol. The summed E-state index contributed by atoms with van der Waals surface area (Å²) in [6.45, 7) is 6.18. The van der Waals surface area contributed by atoms with E-state index in [4.69, 9.17) is 10.5 Å². The molecule has 8 heteroatoms. The highest BCUT2D eigenvalue weighted by Crippen LogP contribution is 2.61. The van der Waals surface area contributed by atoms with E-state index in [1.165, 1.54) is 19.9 Å². The van der Waals surface area contributed by atoms with E-state index in [2.05, 4.69) is 24.3 Å². The number of amides is 1. The van der Waals surface area contributed by atoms with Gasteiger partial charge in [-0.2, -0.15) is 5.10 Å². The van der Waals surface area contributed by atoms with Crippen LogP contribution in [0.4, 0.5) is 5.69 Å². The number of esters is 1. The fourth-order valence-electron chi connectivity index (χ4n) is 5.02. The Bertz CT molecular complexity index is 843. The van der Waals surface area contributed by atoms with E-state index in [-0.39, 0.29) is 24.4 Å². The van der Waals surface area contributed by atoms with Gasteiger partial charge in [-0.1, -0.05) is 13.8 Å². The van der Waals surface area contributed by atoms with Gasteiger partial charge in [-0.15, -0.1) is 0 Å². The summed E-state index contributed by atoms with van der Waals surface area (Å²) in [6.07, 6.45) is 4.08. The average molecular weight is 390 g/mol. The van der Waals surface area contributed by atoms with Gasteiger partial charge in [0.05, 0.1) is 18.0 Å². The molecule has 1 unspecified atom stereocenters. The molecule has 1 aromatic heterocycles. The molecule has 1 amide bonds. The predicted octanol–water partition coefficient (Wildman–Crippen LogP) is 1.36. The molecule has 0 spiro atoms. The molecular weight excluding hydrogens is 360 g/mol. The molecule has 1 heterocycles. The highest BCUT2D eigenvalue weighted by Gasteiger charge is 2.54. The number of anilines is 1. The van der Waals surface area contributed by atoms with Crippen LogP contribution < -0.4 is 16.6 Å². The molecule has 0 radical (unpaired) electrons. The number of fused-ring (bicyclic) bond motifs is 2. The summed E-state index contributed by atoms with van der Waals surface area (Å²) in [5.41, 5.74) is 6.30. The summed E-state index contributed by atoms with van der Waals surface area (Å²) >= 11 is 0. The molecule has 0 aromatic carbocycles. The van der Waals surface area contributed by atoms with Gasteiger partial charge >= 0.3 is 5.97 Å². The number of nitrogens with zero attached hydrogens (tertiary/aromatic N) is 2. The molecule has 8 nitrogen and oxygen atoms in total. The van der Waals surface area contributed by atoms with Crippen molar-refractivity contribution in [3.05, 3.63) is 21.6 Å². The van der Waals surface area contributed by atoms with E-state index in [1.54, 1.807) is 6.92 Å². The highest BCUT2D eigenvalue weighted by molar-refractivity contribution is 5.99. The number of rotatable bonds is 6. The minimum atomic E-state index is -0.679. The standard InChI is InChI=1S/C20H30N4O4/c1-5-28-15(25)10-24-19(27)16(18(26)22-4)17(21)14(23-24)8-11-6-7-12-9-13(11)20(12,2)3/h11-13H,5-10,21H2,1-4H3,(H,22,26)/t11-,12?,13-/m1/s1. The molecule has 0 aliphatic heterocycles. The van der Waals surface area contributed by atoms with Crippen LogP contribution in [0, 0.1) is 23.2 Å². The van der Waals surface area contributed by atoms with Crippen molar-refractivity contribution in [2.24, 2.45) is 23.2 Å². The summed E-state index contributed by atoms with van der Waals surface area (Å²) in [5.74, 6) is 0.619. The Labute approximate surface area is 164 Å². The van der Waals surface area contributed by atoms with Gasteiger partial charge in [-0.25, -0.2) is 4.68 Å². The number of aromatic nitrogens is 2. The Hall–Kier alpha value is -2.38. The summed E-state index contributed by atoms with van der Waals surface area (Å²) < 4.78 is 5.93. The van der Waals surface area contributed by atoms with Crippen molar-refractivity contribution in [1.29, 1.82) is 0 Å². The average Bonchev–Trinajstić information content (AvgIpc) is 2.65. The maximum Gasteiger partial charge on any atom is 0.327 e. The molecule has 3 aliphatic rings. The van der Waals surface area contributed by atoms with E-state index in [1.807, 2.05) is 0 Å². The molecule has 154 valence electrons. The molecule has 28 heavy (non-hydrogen) atoms. The number of carbonyl (C=O) groups excluding carboxylic acids is 2. The van der Waals surface area contributed by atoms with Gasteiger partial charge in [-0.3, -0.25) is 14.4 Å². The Morgan fingerprint density at radius 1 is 1.36 bits per heavy atom. The Balaban J connectivity index is 1.96. The van der Waals surface area contributed by atoms with Crippen molar-refractivity contribution in [2.75, 3.05) is 19.4 Å². The van der Waals surface area contributed by atoms with Crippen LogP contribution in [0.3, 0.4) is 0 Å². The van der Waals surface area contributed by atoms with Crippen molar-refractivity contribution in [2.45, 2.75) is 53.0 Å². The number of hydrogen-bond acceptors (Lipinski definition) is 6. The number of ether oxygens (including phenoxy) is 1. The van der Waals surface area contributed by atoms with E-state index >= 15 is 0 Å². The number of nitrogens with one attached hydrogen (secondary N) is 1. The second-order valence-electron chi connectivity index (χ2n) is 8.48. The summed E-state index contributed by atoms with van der Waals surface area (Å²) in [5, 5.41) is 6.82. The number of nitrogen functional groups attached to an aromatic ring is 1. The SMILES string of the molecule is CCOC(=O)Cn1nc(C[C@H]2CCC3C[C@H]2C3(C)C)c(N)c(C(=O)NC)c1=O. The van der Waals surface area contributed by atoms with Crippen LogP contribution >= 0.6 is 0 Å². The zero-order valence-electron chi connectivity index (χ0n) is 17.1. The molecule has 2 bridgehead atoms. The Morgan fingerprint density at radius 2 is 2.07 bits per heavy atom. The zero-order chi connectivity index (χ0) is 20.6. The first-order valence-electron chi connectivity index (χ1n) is 9.97. The third-order valence-electron chi connectivity index (χ3n) is 6.77. The van der Waals surface area contributed by atoms with Gasteiger partial charge in [0.2, 0.25) is 0 Å². The van der Waals surface area contributed by atoms with Crippen molar-refractivity contribution >= 4 is 17.6 Å². The molecule has 3 aliphatic carbocycles. The van der Waals surface area contributed by atoms with Gasteiger partial charge in [0, 0.05) is 7.05 Å². The van der Waals surface area contributed by atoms with Gasteiger partial charge in [-0.05, 0) is 55.8 Å². The fraction of sp³-hybridized carbons (Fsp3) is 0.700. The van der Waals surface area contributed by atoms with Crippen molar-refractivity contribution in [1.82, 2.24) is 15.1 Å². The van der Waals surface area contributed by atoms with Crippen LogP contribution in [0.5, 0.6) is 0 Å². The lowest BCUT2D eigenvalue weighted by molar-refractivity contribution is -0.144. The van der Waals surface area contributed by atoms with Crippen LogP contribution in [-0.2, 0) is 22.5 Å². The molecular formula is C20H30N4O4. The minimum Gasteiger partial charge on any atom is -0.465 e. The van der Waals surface area contributed by atoms with Crippen LogP contribution in [0.15, 0.2) is 4.79 Å². The quantitative estimate of drug-likeness (QED) is 0.709. The van der Waals surface area contributed by atoms with Crippen LogP contribution in [-0.4, -0.2) is 35.3 Å². The highest BCUT2D eigenvalue weighted by atomic mass is 16.5.